The van der Waals surface area contributed by atoms with Crippen LogP contribution in [0.2, 0.25) is 0 Å². The van der Waals surface area contributed by atoms with E-state index in [2.05, 4.69) is 25.4 Å². The van der Waals surface area contributed by atoms with Crippen LogP contribution < -0.4 is 15.0 Å². The van der Waals surface area contributed by atoms with Gasteiger partial charge in [0.1, 0.15) is 5.75 Å². The zero-order chi connectivity index (χ0) is 22.4. The first-order valence-corrected chi connectivity index (χ1v) is 10.8. The summed E-state index contributed by atoms with van der Waals surface area (Å²) in [5.41, 5.74) is 5.29. The maximum absolute atomic E-state index is 9.90. The maximum atomic E-state index is 9.90. The molecule has 0 bridgehead atoms. The number of nitrogens with one attached hydrogen (secondary N) is 2. The standard InChI is InChI=1S/C24H23N7O2/c1-33-22-11-17(4-5-21(22)30-8-6-18(32)13-30)27-23-24-25-7-9-31(24)14-20(28-23)15-2-3-16-12-26-29-19(16)10-15/h2-5,7,9-12,14,18,32H,6,8,13H2,1H3,(H,26,29)(H,27,28). The molecule has 0 amide bonds. The lowest BCUT2D eigenvalue weighted by Gasteiger charge is -2.21. The minimum atomic E-state index is -0.297. The van der Waals surface area contributed by atoms with Crippen LogP contribution in [0.5, 0.6) is 5.75 Å². The van der Waals surface area contributed by atoms with Crippen LogP contribution in [-0.4, -0.2) is 56.0 Å². The van der Waals surface area contributed by atoms with Gasteiger partial charge in [0, 0.05) is 54.4 Å². The second-order valence-electron chi connectivity index (χ2n) is 8.21. The van der Waals surface area contributed by atoms with Crippen molar-refractivity contribution in [1.29, 1.82) is 0 Å². The van der Waals surface area contributed by atoms with Crippen molar-refractivity contribution in [2.24, 2.45) is 0 Å². The highest BCUT2D eigenvalue weighted by atomic mass is 16.5. The number of anilines is 3. The largest absolute Gasteiger partial charge is 0.495 e. The number of imidazole rings is 1. The number of ether oxygens (including phenoxy) is 1. The van der Waals surface area contributed by atoms with Crippen molar-refractivity contribution in [3.05, 3.63) is 61.2 Å². The second kappa shape index (κ2) is 7.79. The van der Waals surface area contributed by atoms with E-state index in [0.29, 0.717) is 12.4 Å². The quantitative estimate of drug-likeness (QED) is 0.383. The average molecular weight is 441 g/mol. The van der Waals surface area contributed by atoms with Gasteiger partial charge in [0.2, 0.25) is 0 Å². The molecule has 5 aromatic rings. The predicted molar refractivity (Wildman–Crippen MR) is 127 cm³/mol. The van der Waals surface area contributed by atoms with Crippen molar-refractivity contribution in [2.45, 2.75) is 12.5 Å². The van der Waals surface area contributed by atoms with Crippen LogP contribution in [0.4, 0.5) is 17.2 Å². The minimum Gasteiger partial charge on any atom is -0.495 e. The van der Waals surface area contributed by atoms with Gasteiger partial charge >= 0.3 is 0 Å². The smallest absolute Gasteiger partial charge is 0.180 e. The van der Waals surface area contributed by atoms with E-state index < -0.39 is 0 Å². The van der Waals surface area contributed by atoms with Gasteiger partial charge in [0.05, 0.1) is 36.3 Å². The number of nitrogens with zero attached hydrogens (tertiary/aromatic N) is 5. The molecule has 0 radical (unpaired) electrons. The molecular weight excluding hydrogens is 418 g/mol. The molecule has 9 nitrogen and oxygen atoms in total. The Kier molecular flexibility index (Phi) is 4.62. The molecule has 1 aliphatic heterocycles. The fourth-order valence-electron chi connectivity index (χ4n) is 4.36. The van der Waals surface area contributed by atoms with Crippen LogP contribution in [-0.2, 0) is 0 Å². The number of fused-ring (bicyclic) bond motifs is 2. The number of β-amino-alcohol motifs (C(OH)–C–C–N with tert-alkyl or cyclic N) is 1. The SMILES string of the molecule is COc1cc(Nc2nc(-c3ccc4cn[nH]c4c3)cn3ccnc23)ccc1N1CCC(O)C1. The van der Waals surface area contributed by atoms with Gasteiger partial charge in [0.15, 0.2) is 11.5 Å². The predicted octanol–water partition coefficient (Wildman–Crippen LogP) is 3.60. The summed E-state index contributed by atoms with van der Waals surface area (Å²) in [7, 11) is 1.66. The van der Waals surface area contributed by atoms with Gasteiger partial charge in [-0.1, -0.05) is 12.1 Å². The van der Waals surface area contributed by atoms with Crippen LogP contribution in [0.1, 0.15) is 6.42 Å². The van der Waals surface area contributed by atoms with E-state index >= 15 is 0 Å². The summed E-state index contributed by atoms with van der Waals surface area (Å²) in [5, 5.41) is 21.5. The van der Waals surface area contributed by atoms with Crippen molar-refractivity contribution in [1.82, 2.24) is 24.6 Å². The maximum Gasteiger partial charge on any atom is 0.180 e. The summed E-state index contributed by atoms with van der Waals surface area (Å²) in [5.74, 6) is 1.39. The van der Waals surface area contributed by atoms with E-state index in [-0.39, 0.29) is 6.10 Å². The first-order chi connectivity index (χ1) is 16.2. The van der Waals surface area contributed by atoms with Crippen LogP contribution in [0.3, 0.4) is 0 Å². The zero-order valence-electron chi connectivity index (χ0n) is 18.1. The van der Waals surface area contributed by atoms with Gasteiger partial charge in [-0.2, -0.15) is 5.10 Å². The monoisotopic (exact) mass is 441 g/mol. The Labute approximate surface area is 189 Å². The Balaban J connectivity index is 1.37. The lowest BCUT2D eigenvalue weighted by atomic mass is 10.1. The van der Waals surface area contributed by atoms with Gasteiger partial charge in [-0.25, -0.2) is 9.97 Å². The number of hydrogen-bond acceptors (Lipinski definition) is 7. The van der Waals surface area contributed by atoms with Gasteiger partial charge in [-0.05, 0) is 24.6 Å². The highest BCUT2D eigenvalue weighted by molar-refractivity contribution is 5.84. The first-order valence-electron chi connectivity index (χ1n) is 10.8. The number of H-pyrrole nitrogens is 1. The molecule has 0 aliphatic carbocycles. The summed E-state index contributed by atoms with van der Waals surface area (Å²) in [6.45, 7) is 1.42. The van der Waals surface area contributed by atoms with Crippen LogP contribution >= 0.6 is 0 Å². The van der Waals surface area contributed by atoms with Crippen LogP contribution in [0.25, 0.3) is 27.8 Å². The number of aromatic nitrogens is 5. The third-order valence-corrected chi connectivity index (χ3v) is 6.06. The Morgan fingerprint density at radius 1 is 1.21 bits per heavy atom. The third-order valence-electron chi connectivity index (χ3n) is 6.06. The Morgan fingerprint density at radius 2 is 2.15 bits per heavy atom. The molecule has 9 heteroatoms. The minimum absolute atomic E-state index is 0.297. The topological polar surface area (TPSA) is 104 Å². The van der Waals surface area contributed by atoms with Crippen molar-refractivity contribution in [3.8, 4) is 17.0 Å². The number of rotatable bonds is 5. The van der Waals surface area contributed by atoms with Gasteiger partial charge < -0.3 is 24.5 Å². The Morgan fingerprint density at radius 3 is 3.00 bits per heavy atom. The molecule has 0 spiro atoms. The van der Waals surface area contributed by atoms with Crippen molar-refractivity contribution in [2.75, 3.05) is 30.4 Å². The number of aliphatic hydroxyl groups excluding tert-OH is 1. The fourth-order valence-corrected chi connectivity index (χ4v) is 4.36. The van der Waals surface area contributed by atoms with Gasteiger partial charge in [-0.3, -0.25) is 5.10 Å². The van der Waals surface area contributed by atoms with Gasteiger partial charge in [-0.15, -0.1) is 0 Å². The number of aliphatic hydroxyl groups is 1. The van der Waals surface area contributed by atoms with E-state index in [9.17, 15) is 5.11 Å². The molecule has 0 saturated carbocycles. The summed E-state index contributed by atoms with van der Waals surface area (Å²) in [6, 6.07) is 12.1. The van der Waals surface area contributed by atoms with E-state index in [4.69, 9.17) is 9.72 Å². The molecule has 4 heterocycles. The highest BCUT2D eigenvalue weighted by Crippen LogP contribution is 2.35. The van der Waals surface area contributed by atoms with E-state index in [1.807, 2.05) is 53.2 Å². The summed E-state index contributed by atoms with van der Waals surface area (Å²) >= 11 is 0. The molecule has 6 rings (SSSR count). The second-order valence-corrected chi connectivity index (χ2v) is 8.21. The molecule has 2 aromatic carbocycles. The molecule has 1 atom stereocenters. The lowest BCUT2D eigenvalue weighted by molar-refractivity contribution is 0.198. The molecule has 3 aromatic heterocycles. The average Bonchev–Trinajstić information content (AvgIpc) is 3.59. The van der Waals surface area contributed by atoms with E-state index in [1.165, 1.54) is 0 Å². The normalized spacial score (nSPS) is 16.1. The molecule has 1 saturated heterocycles. The zero-order valence-corrected chi connectivity index (χ0v) is 18.1. The molecule has 33 heavy (non-hydrogen) atoms. The third kappa shape index (κ3) is 3.52. The Bertz CT molecular complexity index is 1460. The molecule has 3 N–H and O–H groups in total. The number of hydrogen-bond donors (Lipinski definition) is 3. The first kappa shape index (κ1) is 19.6. The van der Waals surface area contributed by atoms with Crippen LogP contribution in [0.15, 0.2) is 61.2 Å². The van der Waals surface area contributed by atoms with Gasteiger partial charge in [0.25, 0.3) is 0 Å². The van der Waals surface area contributed by atoms with Crippen molar-refractivity contribution in [3.63, 3.8) is 0 Å². The van der Waals surface area contributed by atoms with Crippen molar-refractivity contribution >= 4 is 33.7 Å². The van der Waals surface area contributed by atoms with Crippen molar-refractivity contribution < 1.29 is 9.84 Å². The highest BCUT2D eigenvalue weighted by Gasteiger charge is 2.23. The number of aromatic amines is 1. The van der Waals surface area contributed by atoms with E-state index in [0.717, 1.165) is 57.9 Å². The number of benzene rings is 2. The number of methoxy groups -OCH3 is 1. The molecule has 1 fully saturated rings. The fraction of sp³-hybridized carbons (Fsp3) is 0.208. The summed E-state index contributed by atoms with van der Waals surface area (Å²) in [4.78, 5) is 11.5. The molecule has 166 valence electrons. The molecule has 1 unspecified atom stereocenters. The Hall–Kier alpha value is -4.11. The molecular formula is C24H23N7O2. The summed E-state index contributed by atoms with van der Waals surface area (Å²) in [6.07, 6.45) is 7.90. The summed E-state index contributed by atoms with van der Waals surface area (Å²) < 4.78 is 7.61. The van der Waals surface area contributed by atoms with Crippen LogP contribution in [0, 0.1) is 0 Å². The lowest BCUT2D eigenvalue weighted by Crippen LogP contribution is -2.21. The van der Waals surface area contributed by atoms with E-state index in [1.54, 1.807) is 19.5 Å². The molecule has 1 aliphatic rings.